The molecule has 1 aromatic heterocycles. The lowest BCUT2D eigenvalue weighted by molar-refractivity contribution is 0.0743. The van der Waals surface area contributed by atoms with Crippen LogP contribution in [-0.2, 0) is 4.74 Å². The van der Waals surface area contributed by atoms with Crippen molar-refractivity contribution >= 4 is 11.3 Å². The SMILES string of the molecule is CCOC(C)CNC(C)c1cc(C)sc1C. The van der Waals surface area contributed by atoms with Crippen molar-refractivity contribution in [3.8, 4) is 0 Å². The topological polar surface area (TPSA) is 21.3 Å². The molecule has 2 unspecified atom stereocenters. The van der Waals surface area contributed by atoms with E-state index in [2.05, 4.69) is 39.1 Å². The van der Waals surface area contributed by atoms with Crippen molar-refractivity contribution in [2.24, 2.45) is 0 Å². The van der Waals surface area contributed by atoms with E-state index in [-0.39, 0.29) is 6.10 Å². The summed E-state index contributed by atoms with van der Waals surface area (Å²) < 4.78 is 5.50. The van der Waals surface area contributed by atoms with Gasteiger partial charge in [-0.15, -0.1) is 11.3 Å². The van der Waals surface area contributed by atoms with Gasteiger partial charge in [0, 0.05) is 28.9 Å². The fourth-order valence-corrected chi connectivity index (χ4v) is 2.90. The third-order valence-corrected chi connectivity index (χ3v) is 3.69. The molecule has 0 saturated heterocycles. The van der Waals surface area contributed by atoms with Crippen LogP contribution in [0.2, 0.25) is 0 Å². The minimum atomic E-state index is 0.285. The first kappa shape index (κ1) is 13.7. The fraction of sp³-hybridized carbons (Fsp3) is 0.692. The number of thiophene rings is 1. The maximum absolute atomic E-state index is 5.50. The molecule has 92 valence electrons. The van der Waals surface area contributed by atoms with Gasteiger partial charge in [-0.2, -0.15) is 0 Å². The van der Waals surface area contributed by atoms with Crippen LogP contribution in [0.1, 0.15) is 42.1 Å². The van der Waals surface area contributed by atoms with Gasteiger partial charge < -0.3 is 10.1 Å². The van der Waals surface area contributed by atoms with Crippen molar-refractivity contribution < 1.29 is 4.74 Å². The number of nitrogens with one attached hydrogen (secondary N) is 1. The summed E-state index contributed by atoms with van der Waals surface area (Å²) in [4.78, 5) is 2.81. The maximum Gasteiger partial charge on any atom is 0.0671 e. The molecule has 0 aromatic carbocycles. The molecule has 1 aromatic rings. The van der Waals surface area contributed by atoms with E-state index in [4.69, 9.17) is 4.74 Å². The van der Waals surface area contributed by atoms with Gasteiger partial charge >= 0.3 is 0 Å². The molecule has 2 nitrogen and oxygen atoms in total. The summed E-state index contributed by atoms with van der Waals surface area (Å²) in [7, 11) is 0. The summed E-state index contributed by atoms with van der Waals surface area (Å²) in [5.41, 5.74) is 1.42. The van der Waals surface area contributed by atoms with Crippen LogP contribution < -0.4 is 5.32 Å². The maximum atomic E-state index is 5.50. The van der Waals surface area contributed by atoms with Crippen molar-refractivity contribution in [3.05, 3.63) is 21.4 Å². The van der Waals surface area contributed by atoms with E-state index in [0.29, 0.717) is 6.04 Å². The molecule has 1 heterocycles. The lowest BCUT2D eigenvalue weighted by atomic mass is 10.1. The number of aryl methyl sites for hydroxylation is 2. The molecule has 0 amide bonds. The molecule has 0 bridgehead atoms. The van der Waals surface area contributed by atoms with Gasteiger partial charge in [0.1, 0.15) is 0 Å². The normalized spacial score (nSPS) is 15.1. The Hall–Kier alpha value is -0.380. The highest BCUT2D eigenvalue weighted by Gasteiger charge is 2.11. The molecule has 3 heteroatoms. The van der Waals surface area contributed by atoms with E-state index in [9.17, 15) is 0 Å². The molecule has 2 atom stereocenters. The summed E-state index contributed by atoms with van der Waals surface area (Å²) in [5, 5.41) is 3.52. The Morgan fingerprint density at radius 2 is 2.06 bits per heavy atom. The minimum Gasteiger partial charge on any atom is -0.377 e. The highest BCUT2D eigenvalue weighted by Crippen LogP contribution is 2.25. The fourth-order valence-electron chi connectivity index (χ4n) is 1.88. The molecule has 0 aliphatic heterocycles. The van der Waals surface area contributed by atoms with Crippen molar-refractivity contribution in [1.29, 1.82) is 0 Å². The van der Waals surface area contributed by atoms with Gasteiger partial charge in [0.15, 0.2) is 0 Å². The van der Waals surface area contributed by atoms with Crippen LogP contribution in [0.25, 0.3) is 0 Å². The summed E-state index contributed by atoms with van der Waals surface area (Å²) in [6, 6.07) is 2.69. The van der Waals surface area contributed by atoms with Crippen LogP contribution in [-0.4, -0.2) is 19.3 Å². The van der Waals surface area contributed by atoms with Crippen molar-refractivity contribution in [1.82, 2.24) is 5.32 Å². The second-order valence-corrected chi connectivity index (χ2v) is 5.72. The first-order chi connectivity index (χ1) is 7.54. The summed E-state index contributed by atoms with van der Waals surface area (Å²) in [6.45, 7) is 12.4. The minimum absolute atomic E-state index is 0.285. The monoisotopic (exact) mass is 241 g/mol. The standard InChI is InChI=1S/C13H23NOS/c1-6-15-9(2)8-14-11(4)13-7-10(3)16-12(13)5/h7,9,11,14H,6,8H2,1-5H3. The number of ether oxygens (including phenoxy) is 1. The van der Waals surface area contributed by atoms with Crippen molar-refractivity contribution in [3.63, 3.8) is 0 Å². The first-order valence-corrected chi connectivity index (χ1v) is 6.78. The summed E-state index contributed by atoms with van der Waals surface area (Å²) in [6.07, 6.45) is 0.285. The zero-order valence-corrected chi connectivity index (χ0v) is 11.8. The molecule has 1 rings (SSSR count). The molecular formula is C13H23NOS. The third kappa shape index (κ3) is 3.89. The molecule has 0 aliphatic carbocycles. The molecule has 0 fully saturated rings. The van der Waals surface area contributed by atoms with Gasteiger partial charge in [-0.1, -0.05) is 0 Å². The smallest absolute Gasteiger partial charge is 0.0671 e. The van der Waals surface area contributed by atoms with Gasteiger partial charge in [-0.25, -0.2) is 0 Å². The Labute approximate surface area is 103 Å². The molecule has 0 aliphatic rings. The highest BCUT2D eigenvalue weighted by atomic mass is 32.1. The summed E-state index contributed by atoms with van der Waals surface area (Å²) >= 11 is 1.87. The second kappa shape index (κ2) is 6.38. The van der Waals surface area contributed by atoms with Gasteiger partial charge in [0.05, 0.1) is 6.10 Å². The van der Waals surface area contributed by atoms with Crippen LogP contribution in [0.4, 0.5) is 0 Å². The molecule has 1 N–H and O–H groups in total. The van der Waals surface area contributed by atoms with Crippen LogP contribution >= 0.6 is 11.3 Å². The van der Waals surface area contributed by atoms with Gasteiger partial charge in [0.2, 0.25) is 0 Å². The van der Waals surface area contributed by atoms with Crippen LogP contribution in [0.5, 0.6) is 0 Å². The van der Waals surface area contributed by atoms with Crippen LogP contribution in [0.3, 0.4) is 0 Å². The van der Waals surface area contributed by atoms with E-state index >= 15 is 0 Å². The average molecular weight is 241 g/mol. The van der Waals surface area contributed by atoms with Gasteiger partial charge in [-0.3, -0.25) is 0 Å². The van der Waals surface area contributed by atoms with E-state index in [1.165, 1.54) is 15.3 Å². The lowest BCUT2D eigenvalue weighted by Gasteiger charge is -2.17. The number of hydrogen-bond acceptors (Lipinski definition) is 3. The Morgan fingerprint density at radius 3 is 2.56 bits per heavy atom. The molecule has 0 radical (unpaired) electrons. The van der Waals surface area contributed by atoms with Crippen LogP contribution in [0, 0.1) is 13.8 Å². The third-order valence-electron chi connectivity index (χ3n) is 2.71. The lowest BCUT2D eigenvalue weighted by Crippen LogP contribution is -2.29. The highest BCUT2D eigenvalue weighted by molar-refractivity contribution is 7.12. The molecule has 0 spiro atoms. The van der Waals surface area contributed by atoms with E-state index in [1.54, 1.807) is 0 Å². The molecule has 0 saturated carbocycles. The Balaban J connectivity index is 2.46. The van der Waals surface area contributed by atoms with Crippen LogP contribution in [0.15, 0.2) is 6.07 Å². The average Bonchev–Trinajstić information content (AvgIpc) is 2.55. The van der Waals surface area contributed by atoms with Gasteiger partial charge in [0.25, 0.3) is 0 Å². The van der Waals surface area contributed by atoms with E-state index in [0.717, 1.165) is 13.2 Å². The van der Waals surface area contributed by atoms with Gasteiger partial charge in [-0.05, 0) is 46.2 Å². The van der Waals surface area contributed by atoms with E-state index < -0.39 is 0 Å². The molecular weight excluding hydrogens is 218 g/mol. The van der Waals surface area contributed by atoms with Crippen molar-refractivity contribution in [2.45, 2.75) is 46.8 Å². The largest absolute Gasteiger partial charge is 0.377 e. The molecule has 16 heavy (non-hydrogen) atoms. The zero-order valence-electron chi connectivity index (χ0n) is 11.0. The zero-order chi connectivity index (χ0) is 12.1. The predicted octanol–water partition coefficient (Wildman–Crippen LogP) is 3.44. The first-order valence-electron chi connectivity index (χ1n) is 5.96. The quantitative estimate of drug-likeness (QED) is 0.824. The summed E-state index contributed by atoms with van der Waals surface area (Å²) in [5.74, 6) is 0. The predicted molar refractivity (Wildman–Crippen MR) is 71.3 cm³/mol. The van der Waals surface area contributed by atoms with E-state index in [1.807, 2.05) is 18.3 Å². The number of rotatable bonds is 6. The number of hydrogen-bond donors (Lipinski definition) is 1. The second-order valence-electron chi connectivity index (χ2n) is 4.26. The Morgan fingerprint density at radius 1 is 1.38 bits per heavy atom. The Kier molecular flexibility index (Phi) is 5.46. The Bertz CT molecular complexity index is 322. The van der Waals surface area contributed by atoms with Crippen molar-refractivity contribution in [2.75, 3.05) is 13.2 Å².